The molecular weight excluding hydrogens is 335 g/mol. The number of hydrogen-bond acceptors (Lipinski definition) is 3. The second-order valence-electron chi connectivity index (χ2n) is 4.90. The van der Waals surface area contributed by atoms with Crippen LogP contribution < -0.4 is 5.32 Å². The van der Waals surface area contributed by atoms with Gasteiger partial charge >= 0.3 is 0 Å². The summed E-state index contributed by atoms with van der Waals surface area (Å²) in [7, 11) is 0. The van der Waals surface area contributed by atoms with E-state index in [-0.39, 0.29) is 12.3 Å². The van der Waals surface area contributed by atoms with Crippen molar-refractivity contribution in [2.24, 2.45) is 0 Å². The van der Waals surface area contributed by atoms with E-state index < -0.39 is 0 Å². The third-order valence-electron chi connectivity index (χ3n) is 3.25. The van der Waals surface area contributed by atoms with Gasteiger partial charge in [-0.2, -0.15) is 0 Å². The van der Waals surface area contributed by atoms with Gasteiger partial charge < -0.3 is 9.73 Å². The Balaban J connectivity index is 1.66. The molecular formula is C17H12Cl2N2O2. The number of hydrogen-bond donors (Lipinski definition) is 1. The molecule has 0 aliphatic carbocycles. The molecule has 1 heterocycles. The van der Waals surface area contributed by atoms with E-state index in [2.05, 4.69) is 10.3 Å². The highest BCUT2D eigenvalue weighted by atomic mass is 35.5. The first-order valence-corrected chi connectivity index (χ1v) is 7.60. The van der Waals surface area contributed by atoms with Gasteiger partial charge in [-0.3, -0.25) is 4.79 Å². The summed E-state index contributed by atoms with van der Waals surface area (Å²) in [6.07, 6.45) is 3.19. The summed E-state index contributed by atoms with van der Waals surface area (Å²) in [6.45, 7) is 0. The number of benzene rings is 2. The quantitative estimate of drug-likeness (QED) is 0.735. The Morgan fingerprint density at radius 1 is 1.13 bits per heavy atom. The highest BCUT2D eigenvalue weighted by Crippen LogP contribution is 2.23. The largest absolute Gasteiger partial charge is 0.444 e. The molecule has 1 N–H and O–H groups in total. The summed E-state index contributed by atoms with van der Waals surface area (Å²) in [5, 5.41) is 3.85. The molecule has 6 heteroatoms. The van der Waals surface area contributed by atoms with Gasteiger partial charge in [0.2, 0.25) is 5.91 Å². The van der Waals surface area contributed by atoms with Gasteiger partial charge in [0.25, 0.3) is 0 Å². The first kappa shape index (κ1) is 15.6. The number of halogens is 2. The number of amides is 1. The fourth-order valence-electron chi connectivity index (χ4n) is 2.12. The van der Waals surface area contributed by atoms with Crippen LogP contribution in [0.15, 0.2) is 59.5 Å². The zero-order valence-corrected chi connectivity index (χ0v) is 13.4. The fourth-order valence-corrected chi connectivity index (χ4v) is 2.59. The smallest absolute Gasteiger partial charge is 0.228 e. The SMILES string of the molecule is O=C(Cc1ccc(Cl)cc1Cl)Nc1ccc(-c2cnco2)cc1. The molecule has 1 aromatic heterocycles. The van der Waals surface area contributed by atoms with Crippen molar-refractivity contribution in [3.05, 3.63) is 70.7 Å². The summed E-state index contributed by atoms with van der Waals surface area (Å²) in [5.74, 6) is 0.525. The summed E-state index contributed by atoms with van der Waals surface area (Å²) >= 11 is 11.9. The van der Waals surface area contributed by atoms with Crippen molar-refractivity contribution < 1.29 is 9.21 Å². The molecule has 0 atom stereocenters. The molecule has 0 radical (unpaired) electrons. The lowest BCUT2D eigenvalue weighted by molar-refractivity contribution is -0.115. The van der Waals surface area contributed by atoms with Crippen molar-refractivity contribution >= 4 is 34.8 Å². The Kier molecular flexibility index (Phi) is 4.65. The summed E-state index contributed by atoms with van der Waals surface area (Å²) in [4.78, 5) is 16.0. The van der Waals surface area contributed by atoms with Crippen LogP contribution >= 0.6 is 23.2 Å². The van der Waals surface area contributed by atoms with E-state index in [9.17, 15) is 4.79 Å². The van der Waals surface area contributed by atoms with Crippen LogP contribution in [0.3, 0.4) is 0 Å². The molecule has 1 amide bonds. The molecule has 23 heavy (non-hydrogen) atoms. The third-order valence-corrected chi connectivity index (χ3v) is 3.84. The molecule has 0 spiro atoms. The van der Waals surface area contributed by atoms with Crippen molar-refractivity contribution in [3.8, 4) is 11.3 Å². The molecule has 3 rings (SSSR count). The van der Waals surface area contributed by atoms with E-state index in [0.717, 1.165) is 11.1 Å². The number of anilines is 1. The van der Waals surface area contributed by atoms with Crippen molar-refractivity contribution in [1.29, 1.82) is 0 Å². The Morgan fingerprint density at radius 3 is 2.57 bits per heavy atom. The van der Waals surface area contributed by atoms with Crippen molar-refractivity contribution in [1.82, 2.24) is 4.98 Å². The minimum atomic E-state index is -0.151. The summed E-state index contributed by atoms with van der Waals surface area (Å²) in [6, 6.07) is 12.4. The topological polar surface area (TPSA) is 55.1 Å². The zero-order valence-electron chi connectivity index (χ0n) is 11.9. The number of carbonyl (C=O) groups excluding carboxylic acids is 1. The molecule has 0 saturated heterocycles. The number of carbonyl (C=O) groups is 1. The van der Waals surface area contributed by atoms with E-state index in [0.29, 0.717) is 21.5 Å². The van der Waals surface area contributed by atoms with Crippen LogP contribution in [0.5, 0.6) is 0 Å². The number of nitrogens with one attached hydrogen (secondary N) is 1. The first-order chi connectivity index (χ1) is 11.1. The van der Waals surface area contributed by atoms with E-state index in [1.165, 1.54) is 6.39 Å². The number of nitrogens with zero attached hydrogens (tertiary/aromatic N) is 1. The number of rotatable bonds is 4. The van der Waals surface area contributed by atoms with Crippen molar-refractivity contribution in [2.45, 2.75) is 6.42 Å². The molecule has 0 unspecified atom stereocenters. The highest BCUT2D eigenvalue weighted by molar-refractivity contribution is 6.35. The van der Waals surface area contributed by atoms with Gasteiger partial charge in [-0.15, -0.1) is 0 Å². The normalized spacial score (nSPS) is 10.5. The highest BCUT2D eigenvalue weighted by Gasteiger charge is 2.08. The van der Waals surface area contributed by atoms with Gasteiger partial charge in [0, 0.05) is 21.3 Å². The number of oxazole rings is 1. The standard InChI is InChI=1S/C17H12Cl2N2O2/c18-13-4-1-12(15(19)8-13)7-17(22)21-14-5-2-11(3-6-14)16-9-20-10-23-16/h1-6,8-10H,7H2,(H,21,22). The fraction of sp³-hybridized carbons (Fsp3) is 0.0588. The maximum Gasteiger partial charge on any atom is 0.228 e. The Bertz CT molecular complexity index is 815. The van der Waals surface area contributed by atoms with Crippen LogP contribution in [0.2, 0.25) is 10.0 Å². The molecule has 116 valence electrons. The Labute approximate surface area is 143 Å². The molecule has 0 aliphatic rings. The van der Waals surface area contributed by atoms with Crippen LogP contribution in [-0.4, -0.2) is 10.9 Å². The first-order valence-electron chi connectivity index (χ1n) is 6.84. The minimum Gasteiger partial charge on any atom is -0.444 e. The molecule has 2 aromatic carbocycles. The van der Waals surface area contributed by atoms with Crippen molar-refractivity contribution in [2.75, 3.05) is 5.32 Å². The van der Waals surface area contributed by atoms with Crippen LogP contribution in [-0.2, 0) is 11.2 Å². The predicted octanol–water partition coefficient (Wildman–Crippen LogP) is 4.83. The molecule has 0 bridgehead atoms. The van der Waals surface area contributed by atoms with Gasteiger partial charge in [-0.1, -0.05) is 29.3 Å². The van der Waals surface area contributed by atoms with Crippen molar-refractivity contribution in [3.63, 3.8) is 0 Å². The maximum atomic E-state index is 12.1. The average molecular weight is 347 g/mol. The molecule has 3 aromatic rings. The molecule has 0 saturated carbocycles. The van der Waals surface area contributed by atoms with E-state index in [1.807, 2.05) is 12.1 Å². The van der Waals surface area contributed by atoms with Gasteiger partial charge in [-0.05, 0) is 42.0 Å². The van der Waals surface area contributed by atoms with Crippen LogP contribution in [0.25, 0.3) is 11.3 Å². The lowest BCUT2D eigenvalue weighted by Gasteiger charge is -2.07. The molecule has 0 aliphatic heterocycles. The molecule has 0 fully saturated rings. The summed E-state index contributed by atoms with van der Waals surface area (Å²) < 4.78 is 5.22. The maximum absolute atomic E-state index is 12.1. The van der Waals surface area contributed by atoms with Crippen LogP contribution in [0.4, 0.5) is 5.69 Å². The molecule has 4 nitrogen and oxygen atoms in total. The van der Waals surface area contributed by atoms with Gasteiger partial charge in [0.05, 0.1) is 12.6 Å². The Morgan fingerprint density at radius 2 is 1.91 bits per heavy atom. The van der Waals surface area contributed by atoms with E-state index in [4.69, 9.17) is 27.6 Å². The predicted molar refractivity (Wildman–Crippen MR) is 90.7 cm³/mol. The second kappa shape index (κ2) is 6.86. The minimum absolute atomic E-state index is 0.151. The lowest BCUT2D eigenvalue weighted by Crippen LogP contribution is -2.14. The van der Waals surface area contributed by atoms with Gasteiger partial charge in [0.15, 0.2) is 12.2 Å². The Hall–Kier alpha value is -2.30. The van der Waals surface area contributed by atoms with Gasteiger partial charge in [-0.25, -0.2) is 4.98 Å². The third kappa shape index (κ3) is 3.92. The lowest BCUT2D eigenvalue weighted by atomic mass is 10.1. The second-order valence-corrected chi connectivity index (χ2v) is 5.75. The van der Waals surface area contributed by atoms with E-state index in [1.54, 1.807) is 36.5 Å². The van der Waals surface area contributed by atoms with Crippen LogP contribution in [0, 0.1) is 0 Å². The van der Waals surface area contributed by atoms with E-state index >= 15 is 0 Å². The zero-order chi connectivity index (χ0) is 16.2. The van der Waals surface area contributed by atoms with Crippen LogP contribution in [0.1, 0.15) is 5.56 Å². The summed E-state index contributed by atoms with van der Waals surface area (Å²) in [5.41, 5.74) is 2.32. The number of aromatic nitrogens is 1. The monoisotopic (exact) mass is 346 g/mol. The average Bonchev–Trinajstić information content (AvgIpc) is 3.05. The van der Waals surface area contributed by atoms with Gasteiger partial charge in [0.1, 0.15) is 0 Å².